The molecule has 35 heavy (non-hydrogen) atoms. The van der Waals surface area contributed by atoms with E-state index in [4.69, 9.17) is 0 Å². The lowest BCUT2D eigenvalue weighted by Crippen LogP contribution is -2.38. The topological polar surface area (TPSA) is 78.4 Å². The average Bonchev–Trinajstić information content (AvgIpc) is 3.50. The second kappa shape index (κ2) is 10.7. The molecule has 1 aromatic carbocycles. The predicted molar refractivity (Wildman–Crippen MR) is 142 cm³/mol. The Bertz CT molecular complexity index is 1240. The maximum atomic E-state index is 11.8. The number of benzene rings is 1. The zero-order chi connectivity index (χ0) is 24.2. The van der Waals surface area contributed by atoms with E-state index in [1.165, 1.54) is 16.0 Å². The molecule has 180 valence electrons. The number of nitrogens with one attached hydrogen (secondary N) is 1. The first-order valence-electron chi connectivity index (χ1n) is 11.7. The molecule has 7 nitrogen and oxygen atoms in total. The summed E-state index contributed by atoms with van der Waals surface area (Å²) in [6.07, 6.45) is 5.52. The number of carbonyl (C=O) groups excluding carboxylic acids is 2. The number of anilines is 1. The quantitative estimate of drug-likeness (QED) is 0.459. The minimum atomic E-state index is -0.372. The molecule has 2 saturated heterocycles. The van der Waals surface area contributed by atoms with Crippen LogP contribution in [-0.4, -0.2) is 52.7 Å². The molecule has 2 amide bonds. The molecule has 5 rings (SSSR count). The van der Waals surface area contributed by atoms with Gasteiger partial charge < -0.3 is 9.80 Å². The fraction of sp³-hybridized carbons (Fsp3) is 0.308. The summed E-state index contributed by atoms with van der Waals surface area (Å²) in [7, 11) is 2.20. The zero-order valence-corrected chi connectivity index (χ0v) is 21.1. The van der Waals surface area contributed by atoms with Gasteiger partial charge in [0.05, 0.1) is 10.6 Å². The van der Waals surface area contributed by atoms with E-state index in [0.29, 0.717) is 22.5 Å². The summed E-state index contributed by atoms with van der Waals surface area (Å²) < 4.78 is 0. The van der Waals surface area contributed by atoms with E-state index in [9.17, 15) is 9.59 Å². The van der Waals surface area contributed by atoms with E-state index in [1.807, 2.05) is 0 Å². The van der Waals surface area contributed by atoms with Gasteiger partial charge in [-0.25, -0.2) is 9.97 Å². The summed E-state index contributed by atoms with van der Waals surface area (Å²) in [6.45, 7) is 3.80. The highest BCUT2D eigenvalue weighted by Gasteiger charge is 2.26. The second-order valence-electron chi connectivity index (χ2n) is 8.94. The number of imide groups is 1. The van der Waals surface area contributed by atoms with Crippen molar-refractivity contribution in [3.63, 3.8) is 0 Å². The predicted octanol–water partition coefficient (Wildman–Crippen LogP) is 4.88. The zero-order valence-electron chi connectivity index (χ0n) is 19.5. The summed E-state index contributed by atoms with van der Waals surface area (Å²) in [4.78, 5) is 38.5. The molecular formula is C26H27N5O2S2. The third kappa shape index (κ3) is 5.98. The van der Waals surface area contributed by atoms with Crippen LogP contribution in [0.15, 0.2) is 58.9 Å². The molecule has 1 N–H and O–H groups in total. The molecule has 0 atom stereocenters. The molecule has 0 aliphatic carbocycles. The Morgan fingerprint density at radius 2 is 2.03 bits per heavy atom. The number of aromatic nitrogens is 2. The summed E-state index contributed by atoms with van der Waals surface area (Å²) in [5.41, 5.74) is 3.26. The van der Waals surface area contributed by atoms with E-state index < -0.39 is 0 Å². The molecule has 0 bridgehead atoms. The van der Waals surface area contributed by atoms with Gasteiger partial charge in [0, 0.05) is 37.3 Å². The number of hydrogen-bond acceptors (Lipinski definition) is 8. The summed E-state index contributed by atoms with van der Waals surface area (Å²) in [5.74, 6) is 0.932. The van der Waals surface area contributed by atoms with Crippen LogP contribution in [0.4, 0.5) is 10.7 Å². The van der Waals surface area contributed by atoms with Gasteiger partial charge in [0.15, 0.2) is 0 Å². The monoisotopic (exact) mass is 505 g/mol. The minimum absolute atomic E-state index is 0.349. The van der Waals surface area contributed by atoms with Gasteiger partial charge in [-0.3, -0.25) is 14.9 Å². The highest BCUT2D eigenvalue weighted by molar-refractivity contribution is 8.18. The molecule has 2 aliphatic heterocycles. The van der Waals surface area contributed by atoms with E-state index in [1.54, 1.807) is 29.7 Å². The van der Waals surface area contributed by atoms with Crippen LogP contribution in [0.5, 0.6) is 0 Å². The number of rotatable bonds is 7. The van der Waals surface area contributed by atoms with Crippen molar-refractivity contribution in [2.45, 2.75) is 19.4 Å². The summed E-state index contributed by atoms with van der Waals surface area (Å²) in [5, 5.41) is 4.04. The van der Waals surface area contributed by atoms with Gasteiger partial charge in [0.1, 0.15) is 0 Å². The first kappa shape index (κ1) is 23.7. The minimum Gasteiger partial charge on any atom is -0.341 e. The van der Waals surface area contributed by atoms with Crippen molar-refractivity contribution in [1.29, 1.82) is 0 Å². The smallest absolute Gasteiger partial charge is 0.290 e. The molecule has 0 saturated carbocycles. The van der Waals surface area contributed by atoms with E-state index in [0.717, 1.165) is 50.8 Å². The molecular weight excluding hydrogens is 478 g/mol. The van der Waals surface area contributed by atoms with E-state index >= 15 is 0 Å². The Kier molecular flexibility index (Phi) is 7.26. The largest absolute Gasteiger partial charge is 0.341 e. The Morgan fingerprint density at radius 1 is 1.17 bits per heavy atom. The van der Waals surface area contributed by atoms with Crippen LogP contribution >= 0.6 is 23.1 Å². The average molecular weight is 506 g/mol. The SMILES string of the molecule is CN(Cc1cccc(-c2cccs2)c1)CC1CCN(c2nccc(/C=C3\SC(=O)NC3=O)n2)CC1. The van der Waals surface area contributed by atoms with Gasteiger partial charge in [-0.05, 0) is 78.4 Å². The summed E-state index contributed by atoms with van der Waals surface area (Å²) >= 11 is 2.67. The number of thiophene rings is 1. The van der Waals surface area contributed by atoms with Gasteiger partial charge >= 0.3 is 0 Å². The van der Waals surface area contributed by atoms with Gasteiger partial charge in [-0.1, -0.05) is 24.3 Å². The molecule has 2 fully saturated rings. The van der Waals surface area contributed by atoms with Crippen molar-refractivity contribution in [2.24, 2.45) is 5.92 Å². The molecule has 0 spiro atoms. The number of nitrogens with zero attached hydrogens (tertiary/aromatic N) is 4. The van der Waals surface area contributed by atoms with Gasteiger partial charge in [0.25, 0.3) is 11.1 Å². The molecule has 4 heterocycles. The number of amides is 2. The molecule has 0 radical (unpaired) electrons. The van der Waals surface area contributed by atoms with E-state index in [2.05, 4.69) is 73.9 Å². The number of carbonyl (C=O) groups is 2. The molecule has 9 heteroatoms. The highest BCUT2D eigenvalue weighted by Crippen LogP contribution is 2.27. The first-order valence-corrected chi connectivity index (χ1v) is 13.4. The molecule has 0 unspecified atom stereocenters. The second-order valence-corrected chi connectivity index (χ2v) is 10.9. The number of thioether (sulfide) groups is 1. The van der Waals surface area contributed by atoms with Gasteiger partial charge in [-0.2, -0.15) is 0 Å². The normalized spacial score (nSPS) is 18.0. The van der Waals surface area contributed by atoms with Gasteiger partial charge in [-0.15, -0.1) is 11.3 Å². The standard InChI is InChI=1S/C26H27N5O2S2/c1-30(17-19-4-2-5-20(14-19)22-6-3-13-34-22)16-18-8-11-31(12-9-18)25-27-10-7-21(28-25)15-23-24(32)29-26(33)35-23/h2-7,10,13-15,18H,8-9,11-12,16-17H2,1H3,(H,29,32,33)/b23-15-. The Labute approximate surface area is 213 Å². The van der Waals surface area contributed by atoms with Crippen molar-refractivity contribution in [3.05, 3.63) is 70.2 Å². The highest BCUT2D eigenvalue weighted by atomic mass is 32.2. The van der Waals surface area contributed by atoms with Gasteiger partial charge in [0.2, 0.25) is 5.95 Å². The van der Waals surface area contributed by atoms with Crippen molar-refractivity contribution >= 4 is 46.3 Å². The lowest BCUT2D eigenvalue weighted by Gasteiger charge is -2.34. The van der Waals surface area contributed by atoms with Crippen LogP contribution < -0.4 is 10.2 Å². The van der Waals surface area contributed by atoms with Crippen LogP contribution in [-0.2, 0) is 11.3 Å². The third-order valence-corrected chi connectivity index (χ3v) is 7.97. The van der Waals surface area contributed by atoms with Crippen LogP contribution in [0.3, 0.4) is 0 Å². The molecule has 3 aromatic rings. The fourth-order valence-electron chi connectivity index (χ4n) is 4.55. The van der Waals surface area contributed by atoms with Crippen molar-refractivity contribution in [3.8, 4) is 10.4 Å². The van der Waals surface area contributed by atoms with Crippen LogP contribution in [0.1, 0.15) is 24.1 Å². The fourth-order valence-corrected chi connectivity index (χ4v) is 5.94. The first-order chi connectivity index (χ1) is 17.0. The van der Waals surface area contributed by atoms with Crippen LogP contribution in [0.2, 0.25) is 0 Å². The summed E-state index contributed by atoms with van der Waals surface area (Å²) in [6, 6.07) is 14.9. The molecule has 2 aliphatic rings. The van der Waals surface area contributed by atoms with Crippen molar-refractivity contribution < 1.29 is 9.59 Å². The Morgan fingerprint density at radius 3 is 2.77 bits per heavy atom. The third-order valence-electron chi connectivity index (χ3n) is 6.24. The number of piperidine rings is 1. The van der Waals surface area contributed by atoms with E-state index in [-0.39, 0.29) is 11.1 Å². The molecule has 2 aromatic heterocycles. The maximum Gasteiger partial charge on any atom is 0.290 e. The lowest BCUT2D eigenvalue weighted by atomic mass is 9.96. The Balaban J connectivity index is 1.14. The lowest BCUT2D eigenvalue weighted by molar-refractivity contribution is -0.115. The van der Waals surface area contributed by atoms with Crippen LogP contribution in [0.25, 0.3) is 16.5 Å². The maximum absolute atomic E-state index is 11.8. The number of hydrogen-bond donors (Lipinski definition) is 1. The Hall–Kier alpha value is -3.01. The van der Waals surface area contributed by atoms with Crippen molar-refractivity contribution in [1.82, 2.24) is 20.2 Å². The van der Waals surface area contributed by atoms with Crippen molar-refractivity contribution in [2.75, 3.05) is 31.6 Å². The van der Waals surface area contributed by atoms with Crippen LogP contribution in [0, 0.1) is 5.92 Å².